The third-order valence-corrected chi connectivity index (χ3v) is 8.23. The minimum Gasteiger partial charge on any atom is -0.323 e. The van der Waals surface area contributed by atoms with E-state index in [0.29, 0.717) is 30.6 Å². The highest BCUT2D eigenvalue weighted by Gasteiger charge is 2.43. The second-order valence-electron chi connectivity index (χ2n) is 8.84. The molecule has 1 fully saturated rings. The van der Waals surface area contributed by atoms with Crippen LogP contribution in [0.5, 0.6) is 0 Å². The van der Waals surface area contributed by atoms with Crippen molar-refractivity contribution in [1.82, 2.24) is 4.31 Å². The summed E-state index contributed by atoms with van der Waals surface area (Å²) in [4.78, 5) is 26.9. The van der Waals surface area contributed by atoms with Crippen LogP contribution >= 0.6 is 0 Å². The van der Waals surface area contributed by atoms with Crippen molar-refractivity contribution < 1.29 is 22.4 Å². The first kappa shape index (κ1) is 22.4. The second-order valence-corrected chi connectivity index (χ2v) is 10.8. The number of hydrogen-bond donors (Lipinski definition) is 1. The van der Waals surface area contributed by atoms with Gasteiger partial charge in [0.25, 0.3) is 0 Å². The Morgan fingerprint density at radius 3 is 2.62 bits per heavy atom. The zero-order chi connectivity index (χ0) is 23.3. The second kappa shape index (κ2) is 7.97. The molecule has 1 saturated heterocycles. The lowest BCUT2D eigenvalue weighted by molar-refractivity contribution is -0.122. The third kappa shape index (κ3) is 3.69. The Balaban J connectivity index is 1.56. The molecule has 170 valence electrons. The zero-order valence-corrected chi connectivity index (χ0v) is 19.1. The van der Waals surface area contributed by atoms with Gasteiger partial charge in [-0.1, -0.05) is 12.1 Å². The number of amides is 2. The van der Waals surface area contributed by atoms with E-state index in [4.69, 9.17) is 0 Å². The van der Waals surface area contributed by atoms with Crippen LogP contribution in [0.25, 0.3) is 0 Å². The molecule has 0 aromatic heterocycles. The predicted octanol–water partition coefficient (Wildman–Crippen LogP) is 3.12. The number of carbonyl (C=O) groups excluding carboxylic acids is 2. The third-order valence-electron chi connectivity index (χ3n) is 6.37. The van der Waals surface area contributed by atoms with Crippen molar-refractivity contribution in [3.05, 3.63) is 53.8 Å². The lowest BCUT2D eigenvalue weighted by Gasteiger charge is -2.31. The highest BCUT2D eigenvalue weighted by atomic mass is 32.2. The van der Waals surface area contributed by atoms with E-state index >= 15 is 0 Å². The van der Waals surface area contributed by atoms with E-state index in [1.54, 1.807) is 39.1 Å². The normalized spacial score (nSPS) is 20.8. The number of nitrogens with one attached hydrogen (secondary N) is 1. The predicted molar refractivity (Wildman–Crippen MR) is 119 cm³/mol. The molecule has 7 nitrogen and oxygen atoms in total. The minimum absolute atomic E-state index is 0.0158. The van der Waals surface area contributed by atoms with Gasteiger partial charge in [-0.05, 0) is 62.6 Å². The Labute approximate surface area is 187 Å². The summed E-state index contributed by atoms with van der Waals surface area (Å²) in [6.45, 7) is 3.86. The number of hydrogen-bond acceptors (Lipinski definition) is 4. The Morgan fingerprint density at radius 1 is 1.19 bits per heavy atom. The van der Waals surface area contributed by atoms with Crippen LogP contribution in [-0.4, -0.2) is 44.7 Å². The Bertz CT molecular complexity index is 1200. The van der Waals surface area contributed by atoms with Gasteiger partial charge in [0.15, 0.2) is 0 Å². The molecular weight excluding hydrogens is 433 g/mol. The van der Waals surface area contributed by atoms with Gasteiger partial charge >= 0.3 is 0 Å². The van der Waals surface area contributed by atoms with Gasteiger partial charge in [0.05, 0.1) is 21.9 Å². The van der Waals surface area contributed by atoms with Gasteiger partial charge in [0.2, 0.25) is 21.8 Å². The number of halogens is 1. The van der Waals surface area contributed by atoms with Crippen molar-refractivity contribution >= 4 is 33.2 Å². The van der Waals surface area contributed by atoms with Crippen molar-refractivity contribution in [2.75, 3.05) is 30.4 Å². The summed E-state index contributed by atoms with van der Waals surface area (Å²) < 4.78 is 41.9. The number of nitrogens with zero attached hydrogens (tertiary/aromatic N) is 2. The number of anilines is 2. The Kier molecular flexibility index (Phi) is 5.58. The van der Waals surface area contributed by atoms with Crippen LogP contribution in [0.1, 0.15) is 32.3 Å². The molecule has 1 unspecified atom stereocenters. The standard InChI is InChI=1S/C23H26FN3O4S/c1-23(2)17-13-16(10-11-20(17)26(3)22(23)29)32(30,31)27-12-6-7-15(14-27)21(28)25-19-9-5-4-8-18(19)24/h4-5,8-11,13,15H,6-7,12,14H2,1-3H3,(H,25,28). The van der Waals surface area contributed by atoms with E-state index in [2.05, 4.69) is 5.32 Å². The van der Waals surface area contributed by atoms with Crippen molar-refractivity contribution in [1.29, 1.82) is 0 Å². The van der Waals surface area contributed by atoms with E-state index in [-0.39, 0.29) is 23.0 Å². The topological polar surface area (TPSA) is 86.8 Å². The van der Waals surface area contributed by atoms with Crippen molar-refractivity contribution in [2.45, 2.75) is 37.0 Å². The zero-order valence-electron chi connectivity index (χ0n) is 18.3. The number of piperidine rings is 1. The SMILES string of the molecule is CN1C(=O)C(C)(C)c2cc(S(=O)(=O)N3CCCC(C(=O)Nc4ccccc4F)C3)ccc21. The molecule has 32 heavy (non-hydrogen) atoms. The number of rotatable bonds is 4. The van der Waals surface area contributed by atoms with Crippen LogP contribution in [-0.2, 0) is 25.0 Å². The largest absolute Gasteiger partial charge is 0.323 e. The molecular formula is C23H26FN3O4S. The highest BCUT2D eigenvalue weighted by molar-refractivity contribution is 7.89. The highest BCUT2D eigenvalue weighted by Crippen LogP contribution is 2.42. The maximum Gasteiger partial charge on any atom is 0.243 e. The summed E-state index contributed by atoms with van der Waals surface area (Å²) in [5.74, 6) is -1.62. The van der Waals surface area contributed by atoms with Crippen LogP contribution in [0, 0.1) is 11.7 Å². The fourth-order valence-electron chi connectivity index (χ4n) is 4.43. The Hall–Kier alpha value is -2.78. The quantitative estimate of drug-likeness (QED) is 0.761. The van der Waals surface area contributed by atoms with Crippen LogP contribution in [0.3, 0.4) is 0 Å². The summed E-state index contributed by atoms with van der Waals surface area (Å²) in [7, 11) is -2.19. The van der Waals surface area contributed by atoms with Crippen LogP contribution in [0.15, 0.2) is 47.4 Å². The molecule has 2 aliphatic heterocycles. The number of likely N-dealkylation sites (N-methyl/N-ethyl adjacent to an activating group) is 1. The first-order chi connectivity index (χ1) is 15.0. The number of benzene rings is 2. The lowest BCUT2D eigenvalue weighted by Crippen LogP contribution is -2.43. The van der Waals surface area contributed by atoms with Crippen LogP contribution in [0.2, 0.25) is 0 Å². The average molecular weight is 460 g/mol. The van der Waals surface area contributed by atoms with Crippen molar-refractivity contribution in [2.24, 2.45) is 5.92 Å². The molecule has 0 spiro atoms. The number of carbonyl (C=O) groups is 2. The van der Waals surface area contributed by atoms with E-state index < -0.39 is 33.1 Å². The summed E-state index contributed by atoms with van der Waals surface area (Å²) >= 11 is 0. The maximum atomic E-state index is 13.9. The monoisotopic (exact) mass is 459 g/mol. The van der Waals surface area contributed by atoms with Gasteiger partial charge < -0.3 is 10.2 Å². The summed E-state index contributed by atoms with van der Waals surface area (Å²) in [5, 5.41) is 2.57. The van der Waals surface area contributed by atoms with Gasteiger partial charge in [0.1, 0.15) is 5.82 Å². The first-order valence-corrected chi connectivity index (χ1v) is 12.0. The van der Waals surface area contributed by atoms with Crippen molar-refractivity contribution in [3.8, 4) is 0 Å². The number of para-hydroxylation sites is 1. The molecule has 0 radical (unpaired) electrons. The van der Waals surface area contributed by atoms with Crippen LogP contribution < -0.4 is 10.2 Å². The molecule has 2 aliphatic rings. The van der Waals surface area contributed by atoms with E-state index in [1.165, 1.54) is 33.5 Å². The van der Waals surface area contributed by atoms with Gasteiger partial charge in [0, 0.05) is 25.8 Å². The van der Waals surface area contributed by atoms with E-state index in [0.717, 1.165) is 0 Å². The van der Waals surface area contributed by atoms with Crippen LogP contribution in [0.4, 0.5) is 15.8 Å². The van der Waals surface area contributed by atoms with Gasteiger partial charge in [-0.15, -0.1) is 0 Å². The number of sulfonamides is 1. The Morgan fingerprint density at radius 2 is 1.91 bits per heavy atom. The molecule has 1 N–H and O–H groups in total. The molecule has 4 rings (SSSR count). The lowest BCUT2D eigenvalue weighted by atomic mass is 9.86. The van der Waals surface area contributed by atoms with Gasteiger partial charge in [-0.25, -0.2) is 12.8 Å². The molecule has 2 amide bonds. The average Bonchev–Trinajstić information content (AvgIpc) is 2.95. The molecule has 9 heteroatoms. The molecule has 1 atom stereocenters. The van der Waals surface area contributed by atoms with E-state index in [1.807, 2.05) is 0 Å². The van der Waals surface area contributed by atoms with Gasteiger partial charge in [-0.2, -0.15) is 4.31 Å². The molecule has 0 saturated carbocycles. The fraction of sp³-hybridized carbons (Fsp3) is 0.391. The first-order valence-electron chi connectivity index (χ1n) is 10.5. The summed E-state index contributed by atoms with van der Waals surface area (Å²) in [6, 6.07) is 10.6. The molecule has 0 bridgehead atoms. The summed E-state index contributed by atoms with van der Waals surface area (Å²) in [5.41, 5.74) is 0.614. The smallest absolute Gasteiger partial charge is 0.243 e. The van der Waals surface area contributed by atoms with Crippen molar-refractivity contribution in [3.63, 3.8) is 0 Å². The molecule has 0 aliphatic carbocycles. The summed E-state index contributed by atoms with van der Waals surface area (Å²) in [6.07, 6.45) is 1.04. The molecule has 2 aromatic carbocycles. The molecule has 2 heterocycles. The van der Waals surface area contributed by atoms with Gasteiger partial charge in [-0.3, -0.25) is 9.59 Å². The fourth-order valence-corrected chi connectivity index (χ4v) is 5.98. The molecule has 2 aromatic rings. The minimum atomic E-state index is -3.87. The number of fused-ring (bicyclic) bond motifs is 1. The van der Waals surface area contributed by atoms with E-state index in [9.17, 15) is 22.4 Å². The maximum absolute atomic E-state index is 13.9.